The highest BCUT2D eigenvalue weighted by molar-refractivity contribution is 5.77. The quantitative estimate of drug-likeness (QED) is 0.757. The van der Waals surface area contributed by atoms with E-state index < -0.39 is 0 Å². The van der Waals surface area contributed by atoms with Crippen molar-refractivity contribution in [3.8, 4) is 0 Å². The summed E-state index contributed by atoms with van der Waals surface area (Å²) in [6.45, 7) is 10.8. The second-order valence-electron chi connectivity index (χ2n) is 6.90. The molecule has 0 saturated carbocycles. The van der Waals surface area contributed by atoms with Crippen LogP contribution in [0.4, 0.5) is 0 Å². The van der Waals surface area contributed by atoms with Crippen LogP contribution in [0.25, 0.3) is 0 Å². The zero-order valence-electron chi connectivity index (χ0n) is 13.6. The number of carbonyl (C=O) groups is 1. The number of likely N-dealkylation sites (N-methyl/N-ethyl adjacent to an activating group) is 2. The Morgan fingerprint density at radius 1 is 1.21 bits per heavy atom. The number of hydrogen-bond acceptors (Lipinski definition) is 3. The van der Waals surface area contributed by atoms with Gasteiger partial charge in [-0.25, -0.2) is 0 Å². The summed E-state index contributed by atoms with van der Waals surface area (Å²) in [6.07, 6.45) is 2.46. The van der Waals surface area contributed by atoms with E-state index in [2.05, 4.69) is 37.6 Å². The highest BCUT2D eigenvalue weighted by atomic mass is 16.2. The summed E-state index contributed by atoms with van der Waals surface area (Å²) in [5, 5.41) is 0. The van der Waals surface area contributed by atoms with E-state index in [1.807, 2.05) is 14.1 Å². The SMILES string of the molecule is CC(C)N1CCC(C)(CN(C)CC(=O)N(C)C)CC1. The number of carbonyl (C=O) groups excluding carboxylic acids is 1. The van der Waals surface area contributed by atoms with Gasteiger partial charge in [-0.2, -0.15) is 0 Å². The molecule has 4 heteroatoms. The molecular weight excluding hydrogens is 238 g/mol. The van der Waals surface area contributed by atoms with Gasteiger partial charge in [-0.1, -0.05) is 6.92 Å². The fourth-order valence-corrected chi connectivity index (χ4v) is 2.82. The van der Waals surface area contributed by atoms with Gasteiger partial charge in [0.1, 0.15) is 0 Å². The lowest BCUT2D eigenvalue weighted by Crippen LogP contribution is -2.47. The van der Waals surface area contributed by atoms with E-state index in [9.17, 15) is 4.79 Å². The second kappa shape index (κ2) is 6.71. The molecule has 0 bridgehead atoms. The second-order valence-corrected chi connectivity index (χ2v) is 6.90. The molecule has 0 unspecified atom stereocenters. The average molecular weight is 269 g/mol. The number of hydrogen-bond donors (Lipinski definition) is 0. The van der Waals surface area contributed by atoms with Crippen LogP contribution in [0, 0.1) is 5.41 Å². The minimum Gasteiger partial charge on any atom is -0.348 e. The van der Waals surface area contributed by atoms with E-state index in [0.717, 1.165) is 6.54 Å². The standard InChI is InChI=1S/C15H31N3O/c1-13(2)18-9-7-15(3,8-10-18)12-17(6)11-14(19)16(4)5/h13H,7-12H2,1-6H3. The highest BCUT2D eigenvalue weighted by Gasteiger charge is 2.32. The van der Waals surface area contributed by atoms with Crippen molar-refractivity contribution in [2.75, 3.05) is 47.3 Å². The Bertz CT molecular complexity index is 294. The first-order chi connectivity index (χ1) is 8.73. The van der Waals surface area contributed by atoms with E-state index in [4.69, 9.17) is 0 Å². The monoisotopic (exact) mass is 269 g/mol. The summed E-state index contributed by atoms with van der Waals surface area (Å²) in [6, 6.07) is 0.651. The van der Waals surface area contributed by atoms with Crippen LogP contribution in [0.1, 0.15) is 33.6 Å². The van der Waals surface area contributed by atoms with E-state index in [1.54, 1.807) is 4.90 Å². The topological polar surface area (TPSA) is 26.8 Å². The van der Waals surface area contributed by atoms with E-state index >= 15 is 0 Å². The average Bonchev–Trinajstić information content (AvgIpc) is 2.28. The summed E-state index contributed by atoms with van der Waals surface area (Å²) in [5.74, 6) is 0.186. The Morgan fingerprint density at radius 3 is 2.16 bits per heavy atom. The van der Waals surface area contributed by atoms with Gasteiger partial charge in [0.15, 0.2) is 0 Å². The number of rotatable bonds is 5. The smallest absolute Gasteiger partial charge is 0.236 e. The summed E-state index contributed by atoms with van der Waals surface area (Å²) in [7, 11) is 5.69. The third kappa shape index (κ3) is 5.11. The third-order valence-corrected chi connectivity index (χ3v) is 4.29. The summed E-state index contributed by atoms with van der Waals surface area (Å²) in [4.78, 5) is 18.1. The minimum atomic E-state index is 0.186. The lowest BCUT2D eigenvalue weighted by molar-refractivity contribution is -0.130. The number of amides is 1. The van der Waals surface area contributed by atoms with Gasteiger partial charge in [-0.15, -0.1) is 0 Å². The van der Waals surface area contributed by atoms with Crippen molar-refractivity contribution in [1.29, 1.82) is 0 Å². The van der Waals surface area contributed by atoms with Gasteiger partial charge in [0.25, 0.3) is 0 Å². The Hall–Kier alpha value is -0.610. The van der Waals surface area contributed by atoms with Crippen LogP contribution in [0.2, 0.25) is 0 Å². The van der Waals surface area contributed by atoms with Crippen LogP contribution in [0.15, 0.2) is 0 Å². The maximum Gasteiger partial charge on any atom is 0.236 e. The maximum absolute atomic E-state index is 11.7. The van der Waals surface area contributed by atoms with E-state index in [-0.39, 0.29) is 5.91 Å². The molecule has 0 aliphatic carbocycles. The van der Waals surface area contributed by atoms with E-state index in [0.29, 0.717) is 18.0 Å². The Balaban J connectivity index is 2.42. The minimum absolute atomic E-state index is 0.186. The lowest BCUT2D eigenvalue weighted by Gasteiger charge is -2.42. The predicted octanol–water partition coefficient (Wildman–Crippen LogP) is 1.52. The van der Waals surface area contributed by atoms with Crippen molar-refractivity contribution >= 4 is 5.91 Å². The molecule has 0 aromatic rings. The van der Waals surface area contributed by atoms with Crippen molar-refractivity contribution in [3.63, 3.8) is 0 Å². The zero-order valence-corrected chi connectivity index (χ0v) is 13.6. The molecule has 1 amide bonds. The van der Waals surface area contributed by atoms with Crippen molar-refractivity contribution < 1.29 is 4.79 Å². The van der Waals surface area contributed by atoms with Crippen molar-refractivity contribution in [2.45, 2.75) is 39.7 Å². The molecule has 1 heterocycles. The molecule has 0 atom stereocenters. The molecule has 1 saturated heterocycles. The molecule has 1 aliphatic rings. The van der Waals surface area contributed by atoms with E-state index in [1.165, 1.54) is 25.9 Å². The highest BCUT2D eigenvalue weighted by Crippen LogP contribution is 2.32. The first-order valence-corrected chi connectivity index (χ1v) is 7.36. The number of nitrogens with zero attached hydrogens (tertiary/aromatic N) is 3. The fourth-order valence-electron chi connectivity index (χ4n) is 2.82. The van der Waals surface area contributed by atoms with Crippen molar-refractivity contribution in [1.82, 2.24) is 14.7 Å². The third-order valence-electron chi connectivity index (χ3n) is 4.29. The molecule has 0 spiro atoms. The largest absolute Gasteiger partial charge is 0.348 e. The van der Waals surface area contributed by atoms with Gasteiger partial charge in [-0.05, 0) is 52.2 Å². The molecule has 0 N–H and O–H groups in total. The molecular formula is C15H31N3O. The Kier molecular flexibility index (Phi) is 5.81. The molecule has 1 rings (SSSR count). The van der Waals surface area contributed by atoms with Crippen LogP contribution >= 0.6 is 0 Å². The maximum atomic E-state index is 11.7. The Labute approximate surface area is 118 Å². The molecule has 0 radical (unpaired) electrons. The predicted molar refractivity (Wildman–Crippen MR) is 80.2 cm³/mol. The van der Waals surface area contributed by atoms with Crippen LogP contribution < -0.4 is 0 Å². The van der Waals surface area contributed by atoms with Gasteiger partial charge in [0.2, 0.25) is 5.91 Å². The lowest BCUT2D eigenvalue weighted by atomic mass is 9.79. The molecule has 19 heavy (non-hydrogen) atoms. The summed E-state index contributed by atoms with van der Waals surface area (Å²) >= 11 is 0. The van der Waals surface area contributed by atoms with Crippen molar-refractivity contribution in [3.05, 3.63) is 0 Å². The first kappa shape index (κ1) is 16.4. The van der Waals surface area contributed by atoms with Gasteiger partial charge < -0.3 is 9.80 Å². The number of likely N-dealkylation sites (tertiary alicyclic amines) is 1. The van der Waals surface area contributed by atoms with Crippen LogP contribution in [0.3, 0.4) is 0 Å². The zero-order chi connectivity index (χ0) is 14.6. The Morgan fingerprint density at radius 2 is 1.74 bits per heavy atom. The molecule has 0 aromatic heterocycles. The van der Waals surface area contributed by atoms with Gasteiger partial charge in [0, 0.05) is 26.7 Å². The first-order valence-electron chi connectivity index (χ1n) is 7.36. The molecule has 112 valence electrons. The summed E-state index contributed by atoms with van der Waals surface area (Å²) < 4.78 is 0. The van der Waals surface area contributed by atoms with Gasteiger partial charge in [0.05, 0.1) is 6.54 Å². The molecule has 4 nitrogen and oxygen atoms in total. The fraction of sp³-hybridized carbons (Fsp3) is 0.933. The molecule has 0 aromatic carbocycles. The van der Waals surface area contributed by atoms with Gasteiger partial charge in [-0.3, -0.25) is 9.69 Å². The van der Waals surface area contributed by atoms with Crippen LogP contribution in [0.5, 0.6) is 0 Å². The van der Waals surface area contributed by atoms with Gasteiger partial charge >= 0.3 is 0 Å². The van der Waals surface area contributed by atoms with Crippen molar-refractivity contribution in [2.24, 2.45) is 5.41 Å². The normalized spacial score (nSPS) is 20.0. The molecule has 1 fully saturated rings. The number of piperidine rings is 1. The van der Waals surface area contributed by atoms with Crippen LogP contribution in [-0.2, 0) is 4.79 Å². The van der Waals surface area contributed by atoms with Crippen LogP contribution in [-0.4, -0.2) is 74.0 Å². The summed E-state index contributed by atoms with van der Waals surface area (Å²) in [5.41, 5.74) is 0.354. The molecule has 1 aliphatic heterocycles.